The summed E-state index contributed by atoms with van der Waals surface area (Å²) in [6.45, 7) is 8.12. The Morgan fingerprint density at radius 2 is 2.10 bits per heavy atom. The molecule has 20 heavy (non-hydrogen) atoms. The summed E-state index contributed by atoms with van der Waals surface area (Å²) in [5.74, 6) is 2.15. The van der Waals surface area contributed by atoms with Crippen molar-refractivity contribution in [3.8, 4) is 0 Å². The van der Waals surface area contributed by atoms with Crippen LogP contribution in [-0.4, -0.2) is 28.0 Å². The summed E-state index contributed by atoms with van der Waals surface area (Å²) >= 11 is 1.66. The van der Waals surface area contributed by atoms with Gasteiger partial charge in [-0.25, -0.2) is 15.0 Å². The minimum absolute atomic E-state index is 0.497. The molecule has 0 amide bonds. The van der Waals surface area contributed by atoms with Gasteiger partial charge in [0.1, 0.15) is 11.6 Å². The van der Waals surface area contributed by atoms with E-state index in [4.69, 9.17) is 0 Å². The molecule has 106 valence electrons. The van der Waals surface area contributed by atoms with Gasteiger partial charge in [-0.2, -0.15) is 0 Å². The average Bonchev–Trinajstić information content (AvgIpc) is 3.00. The van der Waals surface area contributed by atoms with Gasteiger partial charge < -0.3 is 10.6 Å². The number of aryl methyl sites for hydroxylation is 3. The van der Waals surface area contributed by atoms with Crippen molar-refractivity contribution >= 4 is 22.3 Å². The number of thiazole rings is 1. The fourth-order valence-corrected chi connectivity index (χ4v) is 3.23. The molecule has 3 rings (SSSR count). The zero-order valence-electron chi connectivity index (χ0n) is 12.0. The van der Waals surface area contributed by atoms with Crippen LogP contribution in [0.3, 0.4) is 0 Å². The van der Waals surface area contributed by atoms with Gasteiger partial charge in [0.25, 0.3) is 0 Å². The lowest BCUT2D eigenvalue weighted by Gasteiger charge is -2.10. The Balaban J connectivity index is 1.85. The summed E-state index contributed by atoms with van der Waals surface area (Å²) in [5.41, 5.74) is 2.19. The highest BCUT2D eigenvalue weighted by Crippen LogP contribution is 2.26. The average molecular weight is 289 g/mol. The van der Waals surface area contributed by atoms with Crippen LogP contribution >= 0.6 is 11.3 Å². The second-order valence-corrected chi connectivity index (χ2v) is 6.40. The SMILES string of the molecule is Cc1nc(Nc2nc(C)c(C)s2)cc(C2CCNC2)n1. The number of hydrogen-bond donors (Lipinski definition) is 2. The molecule has 1 unspecified atom stereocenters. The molecule has 0 aromatic carbocycles. The molecule has 1 saturated heterocycles. The summed E-state index contributed by atoms with van der Waals surface area (Å²) in [4.78, 5) is 14.8. The number of hydrogen-bond acceptors (Lipinski definition) is 6. The first-order valence-corrected chi connectivity index (χ1v) is 7.71. The fourth-order valence-electron chi connectivity index (χ4n) is 2.41. The Bertz CT molecular complexity index is 597. The van der Waals surface area contributed by atoms with Crippen molar-refractivity contribution in [1.82, 2.24) is 20.3 Å². The zero-order valence-corrected chi connectivity index (χ0v) is 12.8. The molecule has 0 radical (unpaired) electrons. The Morgan fingerprint density at radius 1 is 1.25 bits per heavy atom. The molecule has 2 aromatic rings. The first kappa shape index (κ1) is 13.5. The summed E-state index contributed by atoms with van der Waals surface area (Å²) in [7, 11) is 0. The third-order valence-electron chi connectivity index (χ3n) is 3.60. The molecule has 5 nitrogen and oxygen atoms in total. The summed E-state index contributed by atoms with van der Waals surface area (Å²) in [6, 6.07) is 2.05. The van der Waals surface area contributed by atoms with Crippen molar-refractivity contribution in [2.75, 3.05) is 18.4 Å². The van der Waals surface area contributed by atoms with E-state index in [1.165, 1.54) is 4.88 Å². The highest BCUT2D eigenvalue weighted by atomic mass is 32.1. The van der Waals surface area contributed by atoms with E-state index in [1.54, 1.807) is 11.3 Å². The van der Waals surface area contributed by atoms with E-state index in [0.717, 1.165) is 47.7 Å². The van der Waals surface area contributed by atoms with Crippen molar-refractivity contribution in [2.24, 2.45) is 0 Å². The van der Waals surface area contributed by atoms with Gasteiger partial charge >= 0.3 is 0 Å². The minimum Gasteiger partial charge on any atom is -0.316 e. The topological polar surface area (TPSA) is 62.7 Å². The Labute approximate surface area is 122 Å². The molecule has 6 heteroatoms. The van der Waals surface area contributed by atoms with Gasteiger partial charge in [-0.3, -0.25) is 0 Å². The lowest BCUT2D eigenvalue weighted by atomic mass is 10.0. The maximum Gasteiger partial charge on any atom is 0.188 e. The lowest BCUT2D eigenvalue weighted by molar-refractivity contribution is 0.725. The standard InChI is InChI=1S/C14H19N5S/c1-8-9(2)20-14(16-8)19-13-6-12(17-10(3)18-13)11-4-5-15-7-11/h6,11,15H,4-5,7H2,1-3H3,(H,16,17,18,19). The molecule has 3 heterocycles. The van der Waals surface area contributed by atoms with E-state index in [1.807, 2.05) is 13.8 Å². The van der Waals surface area contributed by atoms with Gasteiger partial charge in [-0.1, -0.05) is 0 Å². The van der Waals surface area contributed by atoms with Gasteiger partial charge in [0.05, 0.1) is 11.4 Å². The van der Waals surface area contributed by atoms with Crippen LogP contribution in [0.5, 0.6) is 0 Å². The maximum absolute atomic E-state index is 4.57. The van der Waals surface area contributed by atoms with Gasteiger partial charge in [0, 0.05) is 23.4 Å². The normalized spacial score (nSPS) is 18.4. The van der Waals surface area contributed by atoms with E-state index in [0.29, 0.717) is 5.92 Å². The Kier molecular flexibility index (Phi) is 3.67. The van der Waals surface area contributed by atoms with E-state index < -0.39 is 0 Å². The molecule has 1 aliphatic heterocycles. The van der Waals surface area contributed by atoms with Crippen LogP contribution in [0.15, 0.2) is 6.07 Å². The van der Waals surface area contributed by atoms with Gasteiger partial charge in [0.2, 0.25) is 0 Å². The third kappa shape index (κ3) is 2.81. The zero-order chi connectivity index (χ0) is 14.1. The first-order chi connectivity index (χ1) is 9.61. The van der Waals surface area contributed by atoms with Gasteiger partial charge in [-0.05, 0) is 33.7 Å². The van der Waals surface area contributed by atoms with Crippen molar-refractivity contribution in [2.45, 2.75) is 33.1 Å². The molecule has 2 aromatic heterocycles. The molecule has 0 bridgehead atoms. The second kappa shape index (κ2) is 5.46. The summed E-state index contributed by atoms with van der Waals surface area (Å²) in [6.07, 6.45) is 1.14. The van der Waals surface area contributed by atoms with Crippen LogP contribution in [-0.2, 0) is 0 Å². The van der Waals surface area contributed by atoms with Crippen molar-refractivity contribution < 1.29 is 0 Å². The van der Waals surface area contributed by atoms with E-state index >= 15 is 0 Å². The van der Waals surface area contributed by atoms with Crippen molar-refractivity contribution in [1.29, 1.82) is 0 Å². The second-order valence-electron chi connectivity index (χ2n) is 5.20. The molecule has 1 aliphatic rings. The minimum atomic E-state index is 0.497. The number of nitrogens with zero attached hydrogens (tertiary/aromatic N) is 3. The molecule has 1 fully saturated rings. The van der Waals surface area contributed by atoms with Crippen LogP contribution in [0.1, 0.15) is 34.4 Å². The number of rotatable bonds is 3. The van der Waals surface area contributed by atoms with Crippen molar-refractivity contribution in [3.63, 3.8) is 0 Å². The van der Waals surface area contributed by atoms with Gasteiger partial charge in [-0.15, -0.1) is 11.3 Å². The highest BCUT2D eigenvalue weighted by Gasteiger charge is 2.19. The smallest absolute Gasteiger partial charge is 0.188 e. The molecule has 2 N–H and O–H groups in total. The molecule has 0 aliphatic carbocycles. The quantitative estimate of drug-likeness (QED) is 0.909. The number of aromatic nitrogens is 3. The van der Waals surface area contributed by atoms with E-state index in [9.17, 15) is 0 Å². The van der Waals surface area contributed by atoms with Crippen LogP contribution in [0.4, 0.5) is 10.9 Å². The predicted molar refractivity (Wildman–Crippen MR) is 81.9 cm³/mol. The monoisotopic (exact) mass is 289 g/mol. The van der Waals surface area contributed by atoms with Crippen LogP contribution in [0, 0.1) is 20.8 Å². The summed E-state index contributed by atoms with van der Waals surface area (Å²) < 4.78 is 0. The largest absolute Gasteiger partial charge is 0.316 e. The Morgan fingerprint density at radius 3 is 2.75 bits per heavy atom. The fraction of sp³-hybridized carbons (Fsp3) is 0.500. The highest BCUT2D eigenvalue weighted by molar-refractivity contribution is 7.15. The van der Waals surface area contributed by atoms with Crippen LogP contribution < -0.4 is 10.6 Å². The molecule has 0 spiro atoms. The summed E-state index contributed by atoms with van der Waals surface area (Å²) in [5, 5.41) is 7.58. The van der Waals surface area contributed by atoms with E-state index in [2.05, 4.69) is 38.6 Å². The molecular formula is C14H19N5S. The van der Waals surface area contributed by atoms with Crippen molar-refractivity contribution in [3.05, 3.63) is 28.2 Å². The number of nitrogens with one attached hydrogen (secondary N) is 2. The predicted octanol–water partition coefficient (Wildman–Crippen LogP) is 2.68. The van der Waals surface area contributed by atoms with Crippen LogP contribution in [0.25, 0.3) is 0 Å². The molecule has 1 atom stereocenters. The Hall–Kier alpha value is -1.53. The van der Waals surface area contributed by atoms with Crippen LogP contribution in [0.2, 0.25) is 0 Å². The lowest BCUT2D eigenvalue weighted by Crippen LogP contribution is -2.10. The van der Waals surface area contributed by atoms with Gasteiger partial charge in [0.15, 0.2) is 5.13 Å². The molecule has 0 saturated carbocycles. The number of anilines is 2. The van der Waals surface area contributed by atoms with E-state index in [-0.39, 0.29) is 0 Å². The maximum atomic E-state index is 4.57. The third-order valence-corrected chi connectivity index (χ3v) is 4.59. The molecular weight excluding hydrogens is 270 g/mol. The first-order valence-electron chi connectivity index (χ1n) is 6.89.